The first-order valence-corrected chi connectivity index (χ1v) is 14.8. The van der Waals surface area contributed by atoms with E-state index in [1.54, 1.807) is 62.4 Å². The van der Waals surface area contributed by atoms with Gasteiger partial charge in [-0.1, -0.05) is 73.4 Å². The standard InChI is InChI=1S/C29H33Cl2N3O4S/c1-20(2)17-32-29(36)22(4)33(18-23-10-6-7-11-26(23)31)28(35)19-34(27-12-8-5-9-21(27)3)39(37,38)25-15-13-24(30)14-16-25/h5-16,20,22H,17-19H2,1-4H3,(H,32,36). The van der Waals surface area contributed by atoms with Crippen molar-refractivity contribution in [3.05, 3.63) is 94.0 Å². The second-order valence-electron chi connectivity index (χ2n) is 9.68. The molecule has 0 radical (unpaired) electrons. The van der Waals surface area contributed by atoms with Crippen LogP contribution in [0.3, 0.4) is 0 Å². The summed E-state index contributed by atoms with van der Waals surface area (Å²) in [5.74, 6) is -0.676. The van der Waals surface area contributed by atoms with Crippen LogP contribution in [0.25, 0.3) is 0 Å². The third kappa shape index (κ3) is 7.75. The Kier molecular flexibility index (Phi) is 10.4. The number of sulfonamides is 1. The molecule has 1 atom stereocenters. The van der Waals surface area contributed by atoms with Crippen LogP contribution < -0.4 is 9.62 Å². The van der Waals surface area contributed by atoms with Crippen LogP contribution in [0.15, 0.2) is 77.7 Å². The zero-order valence-electron chi connectivity index (χ0n) is 22.4. The molecule has 3 rings (SSSR count). The largest absolute Gasteiger partial charge is 0.354 e. The number of para-hydroxylation sites is 1. The average molecular weight is 591 g/mol. The SMILES string of the molecule is Cc1ccccc1N(CC(=O)N(Cc1ccccc1Cl)C(C)C(=O)NCC(C)C)S(=O)(=O)c1ccc(Cl)cc1. The molecule has 39 heavy (non-hydrogen) atoms. The normalized spacial score (nSPS) is 12.2. The Labute approximate surface area is 240 Å². The Hall–Kier alpha value is -3.07. The Balaban J connectivity index is 2.03. The molecule has 0 fully saturated rings. The van der Waals surface area contributed by atoms with E-state index in [0.29, 0.717) is 33.4 Å². The van der Waals surface area contributed by atoms with Gasteiger partial charge in [0, 0.05) is 23.1 Å². The summed E-state index contributed by atoms with van der Waals surface area (Å²) in [6.07, 6.45) is 0. The third-order valence-corrected chi connectivity index (χ3v) is 8.61. The molecular weight excluding hydrogens is 557 g/mol. The van der Waals surface area contributed by atoms with Crippen LogP contribution in [-0.4, -0.2) is 44.3 Å². The second-order valence-corrected chi connectivity index (χ2v) is 12.4. The van der Waals surface area contributed by atoms with Crippen molar-refractivity contribution >= 4 is 50.7 Å². The lowest BCUT2D eigenvalue weighted by molar-refractivity contribution is -0.139. The van der Waals surface area contributed by atoms with E-state index in [4.69, 9.17) is 23.2 Å². The second kappa shape index (κ2) is 13.3. The molecule has 0 saturated heterocycles. The zero-order chi connectivity index (χ0) is 28.7. The maximum atomic E-state index is 13.9. The summed E-state index contributed by atoms with van der Waals surface area (Å²) in [6, 6.07) is 18.8. The molecule has 3 aromatic carbocycles. The molecule has 1 unspecified atom stereocenters. The fourth-order valence-electron chi connectivity index (χ4n) is 3.94. The lowest BCUT2D eigenvalue weighted by Gasteiger charge is -2.32. The molecule has 2 amide bonds. The van der Waals surface area contributed by atoms with Crippen molar-refractivity contribution in [3.63, 3.8) is 0 Å². The average Bonchev–Trinajstić information content (AvgIpc) is 2.90. The lowest BCUT2D eigenvalue weighted by Crippen LogP contribution is -2.51. The molecule has 7 nitrogen and oxygen atoms in total. The molecule has 0 bridgehead atoms. The molecule has 1 N–H and O–H groups in total. The van der Waals surface area contributed by atoms with Gasteiger partial charge in [-0.15, -0.1) is 0 Å². The number of benzene rings is 3. The van der Waals surface area contributed by atoms with Gasteiger partial charge in [-0.3, -0.25) is 13.9 Å². The molecule has 3 aromatic rings. The third-order valence-electron chi connectivity index (χ3n) is 6.22. The summed E-state index contributed by atoms with van der Waals surface area (Å²) < 4.78 is 28.8. The monoisotopic (exact) mass is 589 g/mol. The number of halogens is 2. The first-order valence-electron chi connectivity index (χ1n) is 12.6. The summed E-state index contributed by atoms with van der Waals surface area (Å²) in [4.78, 5) is 28.3. The van der Waals surface area contributed by atoms with Crippen molar-refractivity contribution in [1.29, 1.82) is 0 Å². The van der Waals surface area contributed by atoms with Gasteiger partial charge >= 0.3 is 0 Å². The van der Waals surface area contributed by atoms with Crippen molar-refractivity contribution in [3.8, 4) is 0 Å². The Morgan fingerprint density at radius 2 is 1.51 bits per heavy atom. The number of hydrogen-bond acceptors (Lipinski definition) is 4. The number of hydrogen-bond donors (Lipinski definition) is 1. The summed E-state index contributed by atoms with van der Waals surface area (Å²) in [5, 5.41) is 3.69. The van der Waals surface area contributed by atoms with E-state index in [2.05, 4.69) is 5.32 Å². The predicted octanol–water partition coefficient (Wildman–Crippen LogP) is 5.69. The number of anilines is 1. The van der Waals surface area contributed by atoms with Gasteiger partial charge in [0.1, 0.15) is 12.6 Å². The Morgan fingerprint density at radius 3 is 2.13 bits per heavy atom. The van der Waals surface area contributed by atoms with Gasteiger partial charge in [-0.25, -0.2) is 8.42 Å². The van der Waals surface area contributed by atoms with E-state index in [-0.39, 0.29) is 23.3 Å². The van der Waals surface area contributed by atoms with Crippen LogP contribution in [0.1, 0.15) is 31.9 Å². The fraction of sp³-hybridized carbons (Fsp3) is 0.310. The van der Waals surface area contributed by atoms with Crippen LogP contribution in [0.5, 0.6) is 0 Å². The molecule has 0 aromatic heterocycles. The van der Waals surface area contributed by atoms with E-state index in [1.807, 2.05) is 13.8 Å². The molecule has 0 spiro atoms. The minimum absolute atomic E-state index is 0.0108. The van der Waals surface area contributed by atoms with Gasteiger partial charge in [0.05, 0.1) is 10.6 Å². The van der Waals surface area contributed by atoms with Gasteiger partial charge in [0.2, 0.25) is 11.8 Å². The van der Waals surface area contributed by atoms with Crippen molar-refractivity contribution < 1.29 is 18.0 Å². The van der Waals surface area contributed by atoms with E-state index in [0.717, 1.165) is 4.31 Å². The number of amides is 2. The smallest absolute Gasteiger partial charge is 0.264 e. The van der Waals surface area contributed by atoms with Gasteiger partial charge < -0.3 is 10.2 Å². The van der Waals surface area contributed by atoms with Crippen LogP contribution in [0.4, 0.5) is 5.69 Å². The first kappa shape index (κ1) is 30.5. The van der Waals surface area contributed by atoms with Crippen LogP contribution in [-0.2, 0) is 26.2 Å². The van der Waals surface area contributed by atoms with Gasteiger partial charge in [0.25, 0.3) is 10.0 Å². The lowest BCUT2D eigenvalue weighted by atomic mass is 10.1. The summed E-state index contributed by atoms with van der Waals surface area (Å²) in [7, 11) is -4.17. The number of nitrogens with zero attached hydrogens (tertiary/aromatic N) is 2. The van der Waals surface area contributed by atoms with Gasteiger partial charge in [0.15, 0.2) is 0 Å². The molecule has 0 aliphatic heterocycles. The minimum atomic E-state index is -4.17. The highest BCUT2D eigenvalue weighted by Gasteiger charge is 2.33. The van der Waals surface area contributed by atoms with Crippen molar-refractivity contribution in [2.75, 3.05) is 17.4 Å². The number of carbonyl (C=O) groups excluding carboxylic acids is 2. The van der Waals surface area contributed by atoms with E-state index in [1.165, 1.54) is 29.2 Å². The predicted molar refractivity (Wildman–Crippen MR) is 156 cm³/mol. The number of carbonyl (C=O) groups is 2. The van der Waals surface area contributed by atoms with Crippen LogP contribution >= 0.6 is 23.2 Å². The van der Waals surface area contributed by atoms with E-state index < -0.39 is 28.5 Å². The summed E-state index contributed by atoms with van der Waals surface area (Å²) >= 11 is 12.4. The fourth-order valence-corrected chi connectivity index (χ4v) is 5.74. The van der Waals surface area contributed by atoms with Crippen molar-refractivity contribution in [2.24, 2.45) is 5.92 Å². The molecule has 0 aliphatic rings. The summed E-state index contributed by atoms with van der Waals surface area (Å²) in [5.41, 5.74) is 1.66. The van der Waals surface area contributed by atoms with Crippen molar-refractivity contribution in [1.82, 2.24) is 10.2 Å². The van der Waals surface area contributed by atoms with Crippen LogP contribution in [0, 0.1) is 12.8 Å². The first-order chi connectivity index (χ1) is 18.4. The quantitative estimate of drug-likeness (QED) is 0.311. The number of rotatable bonds is 11. The molecular formula is C29H33Cl2N3O4S. The Bertz CT molecular complexity index is 1410. The maximum absolute atomic E-state index is 13.9. The van der Waals surface area contributed by atoms with Gasteiger partial charge in [-0.05, 0) is 67.3 Å². The summed E-state index contributed by atoms with van der Waals surface area (Å²) in [6.45, 7) is 7.28. The maximum Gasteiger partial charge on any atom is 0.264 e. The Morgan fingerprint density at radius 1 is 0.897 bits per heavy atom. The van der Waals surface area contributed by atoms with E-state index >= 15 is 0 Å². The van der Waals surface area contributed by atoms with E-state index in [9.17, 15) is 18.0 Å². The van der Waals surface area contributed by atoms with Gasteiger partial charge in [-0.2, -0.15) is 0 Å². The highest BCUT2D eigenvalue weighted by molar-refractivity contribution is 7.92. The zero-order valence-corrected chi connectivity index (χ0v) is 24.7. The topological polar surface area (TPSA) is 86.8 Å². The highest BCUT2D eigenvalue weighted by Crippen LogP contribution is 2.28. The van der Waals surface area contributed by atoms with Crippen molar-refractivity contribution in [2.45, 2.75) is 45.2 Å². The molecule has 0 heterocycles. The molecule has 208 valence electrons. The number of aryl methyl sites for hydroxylation is 1. The minimum Gasteiger partial charge on any atom is -0.354 e. The molecule has 10 heteroatoms. The van der Waals surface area contributed by atoms with Crippen LogP contribution in [0.2, 0.25) is 10.0 Å². The molecule has 0 aliphatic carbocycles. The number of nitrogens with one attached hydrogen (secondary N) is 1. The highest BCUT2D eigenvalue weighted by atomic mass is 35.5. The molecule has 0 saturated carbocycles.